The van der Waals surface area contributed by atoms with Gasteiger partial charge in [-0.05, 0) is 67.3 Å². The lowest BCUT2D eigenvalue weighted by Gasteiger charge is -2.34. The van der Waals surface area contributed by atoms with Crippen LogP contribution in [0, 0.1) is 12.8 Å². The fourth-order valence-electron chi connectivity index (χ4n) is 4.27. The number of hydrogen-bond acceptors (Lipinski definition) is 3. The Morgan fingerprint density at radius 1 is 1.03 bits per heavy atom. The fraction of sp³-hybridized carbons (Fsp3) is 0.409. The molecule has 0 saturated carbocycles. The third-order valence-electron chi connectivity index (χ3n) is 5.86. The van der Waals surface area contributed by atoms with Crippen molar-refractivity contribution in [1.29, 1.82) is 0 Å². The predicted molar refractivity (Wildman–Crippen MR) is 108 cm³/mol. The number of nitrogens with zero attached hydrogens (tertiary/aromatic N) is 2. The van der Waals surface area contributed by atoms with E-state index in [-0.39, 0.29) is 18.7 Å². The molecule has 0 spiro atoms. The predicted octanol–water partition coefficient (Wildman–Crippen LogP) is 5.10. The topological polar surface area (TPSA) is 35.6 Å². The van der Waals surface area contributed by atoms with E-state index in [1.807, 2.05) is 48.2 Å². The molecule has 0 bridgehead atoms. The minimum Gasteiger partial charge on any atom is -0.372 e. The van der Waals surface area contributed by atoms with Gasteiger partial charge in [0.15, 0.2) is 0 Å². The zero-order valence-corrected chi connectivity index (χ0v) is 16.5. The zero-order valence-electron chi connectivity index (χ0n) is 16.5. The Morgan fingerprint density at radius 3 is 2.31 bits per heavy atom. The molecule has 2 aromatic carbocycles. The molecule has 1 fully saturated rings. The molecule has 2 aliphatic rings. The van der Waals surface area contributed by atoms with Crippen LogP contribution in [0.5, 0.6) is 0 Å². The maximum absolute atomic E-state index is 12.8. The number of halogens is 3. The number of anilines is 3. The van der Waals surface area contributed by atoms with Crippen molar-refractivity contribution in [3.8, 4) is 0 Å². The second-order valence-corrected chi connectivity index (χ2v) is 7.96. The number of hydrogen-bond donors (Lipinski definition) is 1. The van der Waals surface area contributed by atoms with E-state index in [0.717, 1.165) is 33.8 Å². The molecule has 7 heteroatoms. The fourth-order valence-corrected chi connectivity index (χ4v) is 4.27. The van der Waals surface area contributed by atoms with E-state index < -0.39 is 12.1 Å². The van der Waals surface area contributed by atoms with Gasteiger partial charge in [0.25, 0.3) is 5.91 Å². The van der Waals surface area contributed by atoms with Gasteiger partial charge in [-0.1, -0.05) is 0 Å². The van der Waals surface area contributed by atoms with Gasteiger partial charge in [-0.25, -0.2) is 0 Å². The van der Waals surface area contributed by atoms with Gasteiger partial charge in [0.05, 0.1) is 5.92 Å². The van der Waals surface area contributed by atoms with Crippen LogP contribution in [0.15, 0.2) is 36.4 Å². The van der Waals surface area contributed by atoms with Crippen LogP contribution in [0.4, 0.5) is 30.2 Å². The number of rotatable bonds is 3. The summed E-state index contributed by atoms with van der Waals surface area (Å²) < 4.78 is 38.5. The van der Waals surface area contributed by atoms with Crippen LogP contribution in [-0.2, 0) is 6.54 Å². The van der Waals surface area contributed by atoms with Gasteiger partial charge in [0.2, 0.25) is 0 Å². The summed E-state index contributed by atoms with van der Waals surface area (Å²) in [6.07, 6.45) is -3.80. The van der Waals surface area contributed by atoms with Gasteiger partial charge in [-0.3, -0.25) is 4.79 Å². The quantitative estimate of drug-likeness (QED) is 0.774. The molecule has 29 heavy (non-hydrogen) atoms. The van der Waals surface area contributed by atoms with Crippen molar-refractivity contribution in [2.75, 3.05) is 30.4 Å². The van der Waals surface area contributed by atoms with Crippen LogP contribution in [0.3, 0.4) is 0 Å². The largest absolute Gasteiger partial charge is 0.391 e. The number of amides is 1. The molecule has 4 nitrogen and oxygen atoms in total. The standard InChI is InChI=1S/C22H24F3N3O/c1-14-11-18(12-15-13-27(2)21(29)20(14)15)26-17-3-5-19(6-4-17)28-9-7-16(8-10-28)22(23,24)25/h3-6,11-12,16,26H,7-10,13H2,1-2H3. The van der Waals surface area contributed by atoms with Crippen LogP contribution in [0.2, 0.25) is 0 Å². The Morgan fingerprint density at radius 2 is 1.69 bits per heavy atom. The Hall–Kier alpha value is -2.70. The monoisotopic (exact) mass is 403 g/mol. The molecule has 2 heterocycles. The number of fused-ring (bicyclic) bond motifs is 1. The molecule has 1 saturated heterocycles. The van der Waals surface area contributed by atoms with Crippen molar-refractivity contribution in [3.05, 3.63) is 53.1 Å². The molecule has 1 N–H and O–H groups in total. The maximum atomic E-state index is 12.8. The molecule has 1 amide bonds. The number of piperidine rings is 1. The number of benzene rings is 2. The average molecular weight is 403 g/mol. The van der Waals surface area contributed by atoms with E-state index >= 15 is 0 Å². The number of carbonyl (C=O) groups excluding carboxylic acids is 1. The highest BCUT2D eigenvalue weighted by molar-refractivity contribution is 6.00. The average Bonchev–Trinajstić information content (AvgIpc) is 2.96. The lowest BCUT2D eigenvalue weighted by molar-refractivity contribution is -0.179. The summed E-state index contributed by atoms with van der Waals surface area (Å²) >= 11 is 0. The van der Waals surface area contributed by atoms with E-state index in [1.165, 1.54) is 0 Å². The third kappa shape index (κ3) is 3.91. The van der Waals surface area contributed by atoms with Gasteiger partial charge in [-0.2, -0.15) is 13.2 Å². The molecule has 154 valence electrons. The number of aryl methyl sites for hydroxylation is 1. The third-order valence-corrected chi connectivity index (χ3v) is 5.86. The highest BCUT2D eigenvalue weighted by Crippen LogP contribution is 2.36. The molecule has 0 aliphatic carbocycles. The Balaban J connectivity index is 1.43. The summed E-state index contributed by atoms with van der Waals surface area (Å²) in [4.78, 5) is 15.9. The van der Waals surface area contributed by atoms with Crippen LogP contribution in [-0.4, -0.2) is 37.1 Å². The van der Waals surface area contributed by atoms with Crippen LogP contribution >= 0.6 is 0 Å². The molecule has 2 aliphatic heterocycles. The number of alkyl halides is 3. The summed E-state index contributed by atoms with van der Waals surface area (Å²) in [5.74, 6) is -1.13. The molecule has 4 rings (SSSR count). The van der Waals surface area contributed by atoms with E-state index in [0.29, 0.717) is 19.6 Å². The van der Waals surface area contributed by atoms with Gasteiger partial charge in [0.1, 0.15) is 0 Å². The molecular weight excluding hydrogens is 379 g/mol. The van der Waals surface area contributed by atoms with Gasteiger partial charge >= 0.3 is 6.18 Å². The first-order valence-electron chi connectivity index (χ1n) is 9.80. The van der Waals surface area contributed by atoms with E-state index in [2.05, 4.69) is 5.32 Å². The molecular formula is C22H24F3N3O. The van der Waals surface area contributed by atoms with E-state index in [9.17, 15) is 18.0 Å². The Kier molecular flexibility index (Phi) is 4.92. The smallest absolute Gasteiger partial charge is 0.372 e. The number of nitrogens with one attached hydrogen (secondary N) is 1. The van der Waals surface area contributed by atoms with Crippen molar-refractivity contribution < 1.29 is 18.0 Å². The summed E-state index contributed by atoms with van der Waals surface area (Å²) in [6.45, 7) is 3.39. The summed E-state index contributed by atoms with van der Waals surface area (Å²) in [7, 11) is 1.80. The second-order valence-electron chi connectivity index (χ2n) is 7.96. The van der Waals surface area contributed by atoms with Crippen molar-refractivity contribution in [1.82, 2.24) is 4.90 Å². The highest BCUT2D eigenvalue weighted by atomic mass is 19.4. The summed E-state index contributed by atoms with van der Waals surface area (Å²) in [6, 6.07) is 11.7. The minimum atomic E-state index is -4.09. The zero-order chi connectivity index (χ0) is 20.8. The van der Waals surface area contributed by atoms with Gasteiger partial charge < -0.3 is 15.1 Å². The molecule has 0 unspecified atom stereocenters. The molecule has 0 aromatic heterocycles. The van der Waals surface area contributed by atoms with Crippen LogP contribution < -0.4 is 10.2 Å². The van der Waals surface area contributed by atoms with Crippen LogP contribution in [0.25, 0.3) is 0 Å². The summed E-state index contributed by atoms with van der Waals surface area (Å²) in [5, 5.41) is 3.36. The Labute approximate surface area is 168 Å². The lowest BCUT2D eigenvalue weighted by Crippen LogP contribution is -2.38. The minimum absolute atomic E-state index is 0.0581. The Bertz CT molecular complexity index is 916. The van der Waals surface area contributed by atoms with Crippen molar-refractivity contribution in [3.63, 3.8) is 0 Å². The SMILES string of the molecule is Cc1cc(Nc2ccc(N3CCC(C(F)(F)F)CC3)cc2)cc2c1C(=O)N(C)C2. The summed E-state index contributed by atoms with van der Waals surface area (Å²) in [5.41, 5.74) is 5.51. The van der Waals surface area contributed by atoms with Crippen LogP contribution in [0.1, 0.15) is 34.3 Å². The van der Waals surface area contributed by atoms with Gasteiger partial charge in [0, 0.05) is 49.3 Å². The highest BCUT2D eigenvalue weighted by Gasteiger charge is 2.41. The first kappa shape index (κ1) is 19.6. The van der Waals surface area contributed by atoms with E-state index in [1.54, 1.807) is 11.9 Å². The van der Waals surface area contributed by atoms with Crippen molar-refractivity contribution >= 4 is 23.0 Å². The molecule has 2 aromatic rings. The first-order valence-corrected chi connectivity index (χ1v) is 9.80. The lowest BCUT2D eigenvalue weighted by atomic mass is 9.96. The molecule has 0 atom stereocenters. The van der Waals surface area contributed by atoms with Crippen molar-refractivity contribution in [2.45, 2.75) is 32.5 Å². The second kappa shape index (κ2) is 7.28. The van der Waals surface area contributed by atoms with Gasteiger partial charge in [-0.15, -0.1) is 0 Å². The number of carbonyl (C=O) groups is 1. The first-order chi connectivity index (χ1) is 13.7. The van der Waals surface area contributed by atoms with Crippen molar-refractivity contribution in [2.24, 2.45) is 5.92 Å². The maximum Gasteiger partial charge on any atom is 0.391 e. The molecule has 0 radical (unpaired) electrons. The van der Waals surface area contributed by atoms with E-state index in [4.69, 9.17) is 0 Å². The normalized spacial score (nSPS) is 17.6.